The molecule has 0 N–H and O–H groups in total. The lowest BCUT2D eigenvalue weighted by atomic mass is 10.0. The number of ether oxygens (including phenoxy) is 3. The second-order valence-corrected chi connectivity index (χ2v) is 7.51. The molecule has 1 saturated carbocycles. The maximum Gasteiger partial charge on any atom is 0.199 e. The number of halogens is 1. The highest BCUT2D eigenvalue weighted by Crippen LogP contribution is 2.33. The van der Waals surface area contributed by atoms with Crippen LogP contribution in [0.25, 0.3) is 0 Å². The van der Waals surface area contributed by atoms with Gasteiger partial charge in [-0.2, -0.15) is 0 Å². The van der Waals surface area contributed by atoms with Crippen molar-refractivity contribution in [2.24, 2.45) is 5.92 Å². The summed E-state index contributed by atoms with van der Waals surface area (Å²) in [5.41, 5.74) is 0. The van der Waals surface area contributed by atoms with Crippen LogP contribution in [-0.2, 0) is 9.47 Å². The van der Waals surface area contributed by atoms with Gasteiger partial charge in [0, 0.05) is 23.2 Å². The fourth-order valence-corrected chi connectivity index (χ4v) is 3.79. The van der Waals surface area contributed by atoms with Gasteiger partial charge in [-0.25, -0.2) is 0 Å². The van der Waals surface area contributed by atoms with Crippen LogP contribution >= 0.6 is 15.9 Å². The van der Waals surface area contributed by atoms with Crippen molar-refractivity contribution in [2.45, 2.75) is 57.7 Å². The molecule has 4 heteroatoms. The maximum absolute atomic E-state index is 6.22. The third-order valence-corrected chi connectivity index (χ3v) is 5.18. The number of allylic oxidation sites excluding steroid dienone is 1. The Morgan fingerprint density at radius 1 is 1.17 bits per heavy atom. The van der Waals surface area contributed by atoms with E-state index in [4.69, 9.17) is 14.2 Å². The Morgan fingerprint density at radius 2 is 2.00 bits per heavy atom. The molecule has 1 aliphatic carbocycles. The van der Waals surface area contributed by atoms with Crippen LogP contribution in [0.3, 0.4) is 0 Å². The first-order valence-corrected chi connectivity index (χ1v) is 9.97. The molecular formula is C20H27BrO3. The molecule has 3 rings (SSSR count). The lowest BCUT2D eigenvalue weighted by Gasteiger charge is -2.27. The largest absolute Gasteiger partial charge is 0.493 e. The molecule has 1 saturated heterocycles. The van der Waals surface area contributed by atoms with Gasteiger partial charge < -0.3 is 14.2 Å². The fraction of sp³-hybridized carbons (Fsp3) is 0.600. The molecule has 1 aromatic rings. The third kappa shape index (κ3) is 5.52. The summed E-state index contributed by atoms with van der Waals surface area (Å²) in [6, 6.07) is 7.97. The SMILES string of the molecule is Brc1cccc(OCCC=C(OC2CCCCO2)C2CCCC2)c1. The highest BCUT2D eigenvalue weighted by molar-refractivity contribution is 9.10. The van der Waals surface area contributed by atoms with Crippen molar-refractivity contribution in [3.05, 3.63) is 40.6 Å². The Balaban J connectivity index is 1.52. The van der Waals surface area contributed by atoms with E-state index < -0.39 is 0 Å². The molecule has 2 aliphatic rings. The lowest BCUT2D eigenvalue weighted by Crippen LogP contribution is -2.23. The molecule has 1 heterocycles. The maximum atomic E-state index is 6.22. The van der Waals surface area contributed by atoms with Crippen LogP contribution in [0.15, 0.2) is 40.6 Å². The van der Waals surface area contributed by atoms with Gasteiger partial charge in [0.05, 0.1) is 19.0 Å². The molecule has 132 valence electrons. The predicted octanol–water partition coefficient (Wildman–Crippen LogP) is 5.84. The van der Waals surface area contributed by atoms with Crippen LogP contribution < -0.4 is 4.74 Å². The smallest absolute Gasteiger partial charge is 0.199 e. The predicted molar refractivity (Wildman–Crippen MR) is 99.0 cm³/mol. The van der Waals surface area contributed by atoms with Gasteiger partial charge in [0.15, 0.2) is 6.29 Å². The zero-order chi connectivity index (χ0) is 16.6. The van der Waals surface area contributed by atoms with Crippen LogP contribution in [0, 0.1) is 5.92 Å². The van der Waals surface area contributed by atoms with Crippen LogP contribution in [0.5, 0.6) is 5.75 Å². The normalized spacial score (nSPS) is 22.5. The average Bonchev–Trinajstić information content (AvgIpc) is 3.13. The summed E-state index contributed by atoms with van der Waals surface area (Å²) in [5.74, 6) is 2.61. The molecule has 0 spiro atoms. The summed E-state index contributed by atoms with van der Waals surface area (Å²) in [4.78, 5) is 0. The van der Waals surface area contributed by atoms with Gasteiger partial charge in [-0.15, -0.1) is 0 Å². The van der Waals surface area contributed by atoms with E-state index in [0.717, 1.165) is 41.9 Å². The summed E-state index contributed by atoms with van der Waals surface area (Å²) in [6.45, 7) is 1.50. The molecule has 1 unspecified atom stereocenters. The minimum absolute atomic E-state index is 0.0448. The molecule has 0 radical (unpaired) electrons. The molecule has 24 heavy (non-hydrogen) atoms. The van der Waals surface area contributed by atoms with Crippen molar-refractivity contribution in [2.75, 3.05) is 13.2 Å². The zero-order valence-electron chi connectivity index (χ0n) is 14.2. The molecular weight excluding hydrogens is 368 g/mol. The second-order valence-electron chi connectivity index (χ2n) is 6.60. The van der Waals surface area contributed by atoms with Crippen LogP contribution in [0.4, 0.5) is 0 Å². The fourth-order valence-electron chi connectivity index (χ4n) is 3.41. The van der Waals surface area contributed by atoms with Gasteiger partial charge in [-0.3, -0.25) is 0 Å². The average molecular weight is 395 g/mol. The number of hydrogen-bond donors (Lipinski definition) is 0. The Morgan fingerprint density at radius 3 is 2.75 bits per heavy atom. The minimum atomic E-state index is -0.0448. The van der Waals surface area contributed by atoms with E-state index in [1.807, 2.05) is 24.3 Å². The summed E-state index contributed by atoms with van der Waals surface area (Å²) >= 11 is 3.47. The van der Waals surface area contributed by atoms with Crippen molar-refractivity contribution >= 4 is 15.9 Å². The molecule has 3 nitrogen and oxygen atoms in total. The Hall–Kier alpha value is -1.00. The number of benzene rings is 1. The van der Waals surface area contributed by atoms with Crippen LogP contribution in [0.1, 0.15) is 51.4 Å². The van der Waals surface area contributed by atoms with Crippen LogP contribution in [-0.4, -0.2) is 19.5 Å². The summed E-state index contributed by atoms with van der Waals surface area (Å²) < 4.78 is 18.8. The van der Waals surface area contributed by atoms with E-state index in [2.05, 4.69) is 22.0 Å². The van der Waals surface area contributed by atoms with Gasteiger partial charge >= 0.3 is 0 Å². The van der Waals surface area contributed by atoms with E-state index in [9.17, 15) is 0 Å². The van der Waals surface area contributed by atoms with E-state index in [1.54, 1.807) is 0 Å². The van der Waals surface area contributed by atoms with E-state index in [1.165, 1.54) is 32.1 Å². The first kappa shape index (κ1) is 17.8. The summed E-state index contributed by atoms with van der Waals surface area (Å²) in [5, 5.41) is 0. The second kappa shape index (κ2) is 9.47. The van der Waals surface area contributed by atoms with Gasteiger partial charge in [0.2, 0.25) is 0 Å². The van der Waals surface area contributed by atoms with Gasteiger partial charge in [-0.05, 0) is 50.0 Å². The van der Waals surface area contributed by atoms with Crippen molar-refractivity contribution < 1.29 is 14.2 Å². The van der Waals surface area contributed by atoms with E-state index in [-0.39, 0.29) is 6.29 Å². The van der Waals surface area contributed by atoms with Gasteiger partial charge in [0.1, 0.15) is 5.75 Å². The first-order chi connectivity index (χ1) is 11.8. The minimum Gasteiger partial charge on any atom is -0.493 e. The van der Waals surface area contributed by atoms with Crippen molar-refractivity contribution in [1.29, 1.82) is 0 Å². The number of hydrogen-bond acceptors (Lipinski definition) is 3. The lowest BCUT2D eigenvalue weighted by molar-refractivity contribution is -0.144. The Kier molecular flexibility index (Phi) is 7.03. The molecule has 1 aliphatic heterocycles. The Labute approximate surface area is 153 Å². The standard InChI is InChI=1S/C20H27BrO3/c21-17-9-5-10-18(15-17)22-14-6-11-19(16-7-1-2-8-16)24-20-12-3-4-13-23-20/h5,9-11,15-16,20H,1-4,6-8,12-14H2. The highest BCUT2D eigenvalue weighted by Gasteiger charge is 2.24. The molecule has 0 amide bonds. The topological polar surface area (TPSA) is 27.7 Å². The van der Waals surface area contributed by atoms with Crippen molar-refractivity contribution in [3.8, 4) is 5.75 Å². The van der Waals surface area contributed by atoms with E-state index in [0.29, 0.717) is 12.5 Å². The van der Waals surface area contributed by atoms with Gasteiger partial charge in [0.25, 0.3) is 0 Å². The molecule has 1 atom stereocenters. The molecule has 0 bridgehead atoms. The number of rotatable bonds is 7. The molecule has 2 fully saturated rings. The molecule has 1 aromatic carbocycles. The van der Waals surface area contributed by atoms with E-state index >= 15 is 0 Å². The monoisotopic (exact) mass is 394 g/mol. The van der Waals surface area contributed by atoms with Crippen molar-refractivity contribution in [3.63, 3.8) is 0 Å². The third-order valence-electron chi connectivity index (χ3n) is 4.69. The Bertz CT molecular complexity index is 531. The summed E-state index contributed by atoms with van der Waals surface area (Å²) in [7, 11) is 0. The van der Waals surface area contributed by atoms with Crippen LogP contribution in [0.2, 0.25) is 0 Å². The highest BCUT2D eigenvalue weighted by atomic mass is 79.9. The van der Waals surface area contributed by atoms with Gasteiger partial charge in [-0.1, -0.05) is 34.8 Å². The molecule has 0 aromatic heterocycles. The summed E-state index contributed by atoms with van der Waals surface area (Å²) in [6.07, 6.45) is 11.5. The zero-order valence-corrected chi connectivity index (χ0v) is 15.8. The van der Waals surface area contributed by atoms with Crippen molar-refractivity contribution in [1.82, 2.24) is 0 Å². The quantitative estimate of drug-likeness (QED) is 0.429. The first-order valence-electron chi connectivity index (χ1n) is 9.18.